The number of anilines is 1. The largest absolute Gasteiger partial charge is 0.321 e. The number of hydrogen-bond donors (Lipinski definition) is 1. The van der Waals surface area contributed by atoms with Gasteiger partial charge in [-0.1, -0.05) is 35.7 Å². The molecule has 3 rings (SSSR count). The summed E-state index contributed by atoms with van der Waals surface area (Å²) in [5, 5.41) is 8.98. The molecule has 106 valence electrons. The molecule has 0 aliphatic carbocycles. The van der Waals surface area contributed by atoms with E-state index in [0.29, 0.717) is 11.3 Å². The Hall–Kier alpha value is -2.05. The number of aromatic nitrogens is 2. The molecule has 21 heavy (non-hydrogen) atoms. The number of carbonyl (C=O) groups excluding carboxylic acids is 1. The van der Waals surface area contributed by atoms with E-state index in [1.807, 2.05) is 48.7 Å². The number of benzene rings is 1. The van der Waals surface area contributed by atoms with Crippen molar-refractivity contribution in [2.45, 2.75) is 13.3 Å². The van der Waals surface area contributed by atoms with E-state index >= 15 is 0 Å². The number of rotatable bonds is 4. The molecule has 1 aromatic carbocycles. The first-order valence-electron chi connectivity index (χ1n) is 6.55. The van der Waals surface area contributed by atoms with Crippen LogP contribution in [0.5, 0.6) is 0 Å². The van der Waals surface area contributed by atoms with Gasteiger partial charge in [-0.25, -0.2) is 0 Å². The second-order valence-electron chi connectivity index (χ2n) is 4.38. The number of para-hydroxylation sites is 1. The third-order valence-corrected chi connectivity index (χ3v) is 4.73. The fraction of sp³-hybridized carbons (Fsp3) is 0.133. The van der Waals surface area contributed by atoms with Crippen LogP contribution < -0.4 is 5.32 Å². The molecule has 0 atom stereocenters. The van der Waals surface area contributed by atoms with Crippen molar-refractivity contribution < 1.29 is 4.79 Å². The van der Waals surface area contributed by atoms with Crippen LogP contribution in [-0.4, -0.2) is 15.5 Å². The van der Waals surface area contributed by atoms with Gasteiger partial charge in [-0.05, 0) is 35.5 Å². The Labute approximate surface area is 130 Å². The maximum atomic E-state index is 12.4. The van der Waals surface area contributed by atoms with Crippen LogP contribution in [0.3, 0.4) is 0 Å². The van der Waals surface area contributed by atoms with Gasteiger partial charge in [0.2, 0.25) is 0 Å². The number of nitrogens with zero attached hydrogens (tertiary/aromatic N) is 2. The summed E-state index contributed by atoms with van der Waals surface area (Å²) in [6.07, 6.45) is 0.700. The normalized spacial score (nSPS) is 10.5. The number of hydrogen-bond acceptors (Lipinski definition) is 5. The zero-order chi connectivity index (χ0) is 14.7. The standard InChI is InChI=1S/C15H13N3OS2/c1-2-11-14(21-18-17-11)15(19)16-12-7-4-3-6-10(12)13-8-5-9-20-13/h3-9H,2H2,1H3,(H,16,19). The highest BCUT2D eigenvalue weighted by molar-refractivity contribution is 7.13. The predicted octanol–water partition coefficient (Wildman–Crippen LogP) is 4.08. The number of carbonyl (C=O) groups is 1. The number of amides is 1. The monoisotopic (exact) mass is 315 g/mol. The molecule has 4 nitrogen and oxygen atoms in total. The lowest BCUT2D eigenvalue weighted by Crippen LogP contribution is -2.12. The van der Waals surface area contributed by atoms with Gasteiger partial charge in [-0.15, -0.1) is 16.4 Å². The predicted molar refractivity (Wildman–Crippen MR) is 87.0 cm³/mol. The van der Waals surface area contributed by atoms with Crippen LogP contribution in [0.15, 0.2) is 41.8 Å². The average Bonchev–Trinajstić information content (AvgIpc) is 3.19. The molecule has 0 spiro atoms. The zero-order valence-corrected chi connectivity index (χ0v) is 13.0. The Morgan fingerprint density at radius 1 is 1.24 bits per heavy atom. The molecule has 0 saturated carbocycles. The lowest BCUT2D eigenvalue weighted by molar-refractivity contribution is 0.102. The van der Waals surface area contributed by atoms with E-state index in [2.05, 4.69) is 14.9 Å². The van der Waals surface area contributed by atoms with E-state index in [1.165, 1.54) is 0 Å². The van der Waals surface area contributed by atoms with Crippen molar-refractivity contribution in [3.05, 3.63) is 52.3 Å². The molecular weight excluding hydrogens is 302 g/mol. The molecule has 0 aliphatic heterocycles. The average molecular weight is 315 g/mol. The smallest absolute Gasteiger partial charge is 0.269 e. The highest BCUT2D eigenvalue weighted by Crippen LogP contribution is 2.31. The molecular formula is C15H13N3OS2. The summed E-state index contributed by atoms with van der Waals surface area (Å²) in [4.78, 5) is 14.1. The third kappa shape index (κ3) is 2.86. The molecule has 6 heteroatoms. The molecule has 2 aromatic heterocycles. The first-order chi connectivity index (χ1) is 10.3. The minimum absolute atomic E-state index is 0.147. The van der Waals surface area contributed by atoms with Crippen molar-refractivity contribution in [2.24, 2.45) is 0 Å². The van der Waals surface area contributed by atoms with Crippen LogP contribution in [0.2, 0.25) is 0 Å². The number of nitrogens with one attached hydrogen (secondary N) is 1. The summed E-state index contributed by atoms with van der Waals surface area (Å²) in [6, 6.07) is 11.8. The molecule has 0 aliphatic rings. The van der Waals surface area contributed by atoms with Crippen LogP contribution >= 0.6 is 22.9 Å². The maximum absolute atomic E-state index is 12.4. The van der Waals surface area contributed by atoms with Gasteiger partial charge < -0.3 is 5.32 Å². The van der Waals surface area contributed by atoms with Gasteiger partial charge in [-0.2, -0.15) is 0 Å². The van der Waals surface area contributed by atoms with Gasteiger partial charge in [0.05, 0.1) is 5.69 Å². The van der Waals surface area contributed by atoms with Crippen molar-refractivity contribution in [3.8, 4) is 10.4 Å². The van der Waals surface area contributed by atoms with Crippen molar-refractivity contribution in [1.29, 1.82) is 0 Å². The highest BCUT2D eigenvalue weighted by Gasteiger charge is 2.16. The molecule has 0 fully saturated rings. The van der Waals surface area contributed by atoms with Crippen LogP contribution in [-0.2, 0) is 6.42 Å². The summed E-state index contributed by atoms with van der Waals surface area (Å²) in [7, 11) is 0. The zero-order valence-electron chi connectivity index (χ0n) is 11.4. The molecule has 0 saturated heterocycles. The molecule has 2 heterocycles. The fourth-order valence-corrected chi connectivity index (χ4v) is 3.44. The van der Waals surface area contributed by atoms with Gasteiger partial charge in [-0.3, -0.25) is 4.79 Å². The maximum Gasteiger partial charge on any atom is 0.269 e. The van der Waals surface area contributed by atoms with Gasteiger partial charge in [0.25, 0.3) is 5.91 Å². The van der Waals surface area contributed by atoms with E-state index in [9.17, 15) is 4.79 Å². The Kier molecular flexibility index (Phi) is 4.08. The molecule has 0 radical (unpaired) electrons. The third-order valence-electron chi connectivity index (χ3n) is 3.06. The summed E-state index contributed by atoms with van der Waals surface area (Å²) in [6.45, 7) is 1.97. The lowest BCUT2D eigenvalue weighted by Gasteiger charge is -2.09. The second kappa shape index (κ2) is 6.15. The van der Waals surface area contributed by atoms with Gasteiger partial charge >= 0.3 is 0 Å². The van der Waals surface area contributed by atoms with Crippen molar-refractivity contribution in [3.63, 3.8) is 0 Å². The SMILES string of the molecule is CCc1nnsc1C(=O)Nc1ccccc1-c1cccs1. The van der Waals surface area contributed by atoms with Gasteiger partial charge in [0.1, 0.15) is 4.88 Å². The first-order valence-corrected chi connectivity index (χ1v) is 8.20. The quantitative estimate of drug-likeness (QED) is 0.789. The second-order valence-corrected chi connectivity index (χ2v) is 6.08. The Bertz CT molecular complexity index is 750. The summed E-state index contributed by atoms with van der Waals surface area (Å²) in [5.41, 5.74) is 2.57. The van der Waals surface area contributed by atoms with Crippen molar-refractivity contribution in [1.82, 2.24) is 9.59 Å². The van der Waals surface area contributed by atoms with E-state index < -0.39 is 0 Å². The minimum Gasteiger partial charge on any atom is -0.321 e. The summed E-state index contributed by atoms with van der Waals surface area (Å²) in [5.74, 6) is -0.147. The topological polar surface area (TPSA) is 54.9 Å². The molecule has 1 N–H and O–H groups in total. The lowest BCUT2D eigenvalue weighted by atomic mass is 10.1. The van der Waals surface area contributed by atoms with Gasteiger partial charge in [0, 0.05) is 16.1 Å². The van der Waals surface area contributed by atoms with Gasteiger partial charge in [0.15, 0.2) is 0 Å². The summed E-state index contributed by atoms with van der Waals surface area (Å²) < 4.78 is 3.86. The fourth-order valence-electron chi connectivity index (χ4n) is 2.03. The van der Waals surface area contributed by atoms with Crippen LogP contribution in [0.25, 0.3) is 10.4 Å². The van der Waals surface area contributed by atoms with E-state index in [-0.39, 0.29) is 5.91 Å². The number of thiophene rings is 1. The highest BCUT2D eigenvalue weighted by atomic mass is 32.1. The Morgan fingerprint density at radius 3 is 2.86 bits per heavy atom. The van der Waals surface area contributed by atoms with Crippen molar-refractivity contribution >= 4 is 34.5 Å². The molecule has 0 unspecified atom stereocenters. The minimum atomic E-state index is -0.147. The molecule has 1 amide bonds. The molecule has 0 bridgehead atoms. The summed E-state index contributed by atoms with van der Waals surface area (Å²) >= 11 is 2.78. The van der Waals surface area contributed by atoms with E-state index in [0.717, 1.165) is 33.4 Å². The Balaban J connectivity index is 1.91. The first kappa shape index (κ1) is 13.9. The Morgan fingerprint density at radius 2 is 2.10 bits per heavy atom. The van der Waals surface area contributed by atoms with E-state index in [1.54, 1.807) is 11.3 Å². The van der Waals surface area contributed by atoms with E-state index in [4.69, 9.17) is 0 Å². The van der Waals surface area contributed by atoms with Crippen LogP contribution in [0.1, 0.15) is 22.3 Å². The van der Waals surface area contributed by atoms with Crippen LogP contribution in [0.4, 0.5) is 5.69 Å². The number of aryl methyl sites for hydroxylation is 1. The van der Waals surface area contributed by atoms with Crippen LogP contribution in [0, 0.1) is 0 Å². The molecule has 3 aromatic rings. The van der Waals surface area contributed by atoms with Crippen molar-refractivity contribution in [2.75, 3.05) is 5.32 Å².